The summed E-state index contributed by atoms with van der Waals surface area (Å²) < 4.78 is 0.0972. The second-order valence-electron chi connectivity index (χ2n) is 1.56. The van der Waals surface area contributed by atoms with Gasteiger partial charge in [-0.3, -0.25) is 0 Å². The van der Waals surface area contributed by atoms with Gasteiger partial charge < -0.3 is 9.62 Å². The molecule has 0 amide bonds. The summed E-state index contributed by atoms with van der Waals surface area (Å²) in [6.07, 6.45) is 0. The van der Waals surface area contributed by atoms with E-state index in [1.165, 1.54) is 0 Å². The van der Waals surface area contributed by atoms with Crippen molar-refractivity contribution in [2.45, 2.75) is 0 Å². The number of hydrogen-bond donors (Lipinski definition) is 0. The third-order valence-electron chi connectivity index (χ3n) is 1.04. The summed E-state index contributed by atoms with van der Waals surface area (Å²) in [6, 6.07) is 0. The van der Waals surface area contributed by atoms with Gasteiger partial charge in [0.15, 0.2) is 0 Å². The van der Waals surface area contributed by atoms with E-state index in [2.05, 4.69) is 0 Å². The zero-order chi connectivity index (χ0) is 4.62. The molecule has 1 atom stereocenters. The van der Waals surface area contributed by atoms with Crippen LogP contribution in [0, 0.1) is 5.21 Å². The molecule has 0 aromatic heterocycles. The van der Waals surface area contributed by atoms with E-state index in [-0.39, 0.29) is 4.42 Å². The predicted molar refractivity (Wildman–Crippen MR) is 27.6 cm³/mol. The van der Waals surface area contributed by atoms with Crippen molar-refractivity contribution in [3.63, 3.8) is 0 Å². The molecule has 36 valence electrons. The highest BCUT2D eigenvalue weighted by atomic mass is 31.1. The molecule has 1 saturated heterocycles. The molecule has 2 nitrogen and oxygen atoms in total. The first kappa shape index (κ1) is 4.51. The molecule has 6 heavy (non-hydrogen) atoms. The van der Waals surface area contributed by atoms with Gasteiger partial charge in [0, 0.05) is 6.66 Å². The predicted octanol–water partition coefficient (Wildman–Crippen LogP) is 0.538. The van der Waals surface area contributed by atoms with Crippen LogP contribution in [0.3, 0.4) is 0 Å². The number of hydroxylamine groups is 2. The van der Waals surface area contributed by atoms with Gasteiger partial charge in [0.25, 0.3) is 0 Å². The lowest BCUT2D eigenvalue weighted by molar-refractivity contribution is -0.591. The Morgan fingerprint density at radius 2 is 2.17 bits per heavy atom. The molecular weight excluding hydrogens is 97.0 g/mol. The third kappa shape index (κ3) is 0.700. The Hall–Kier alpha value is 0.350. The molecule has 0 radical (unpaired) electrons. The first-order valence-electron chi connectivity index (χ1n) is 2.04. The normalized spacial score (nSPS) is 29.0. The van der Waals surface area contributed by atoms with Gasteiger partial charge in [0.1, 0.15) is 13.1 Å². The van der Waals surface area contributed by atoms with Crippen molar-refractivity contribution in [3.8, 4) is 0 Å². The topological polar surface area (TPSA) is 23.1 Å². The Labute approximate surface area is 39.2 Å². The van der Waals surface area contributed by atoms with Crippen LogP contribution in [0.5, 0.6) is 0 Å². The fourth-order valence-electron chi connectivity index (χ4n) is 0.314. The lowest BCUT2D eigenvalue weighted by Gasteiger charge is -2.16. The van der Waals surface area contributed by atoms with Crippen molar-refractivity contribution in [3.05, 3.63) is 5.21 Å². The van der Waals surface area contributed by atoms with Crippen molar-refractivity contribution in [2.24, 2.45) is 0 Å². The lowest BCUT2D eigenvalue weighted by Crippen LogP contribution is -1.99. The highest BCUT2D eigenvalue weighted by molar-refractivity contribution is 7.30. The van der Waals surface area contributed by atoms with E-state index in [4.69, 9.17) is 0 Å². The maximum atomic E-state index is 10.5. The van der Waals surface area contributed by atoms with Crippen molar-refractivity contribution in [2.75, 3.05) is 19.8 Å². The van der Waals surface area contributed by atoms with Crippen molar-refractivity contribution >= 4 is 8.73 Å². The fraction of sp³-hybridized carbons (Fsp3) is 1.00. The van der Waals surface area contributed by atoms with E-state index in [1.807, 2.05) is 6.66 Å². The van der Waals surface area contributed by atoms with E-state index in [0.29, 0.717) is 8.73 Å². The van der Waals surface area contributed by atoms with E-state index < -0.39 is 0 Å². The van der Waals surface area contributed by atoms with Crippen molar-refractivity contribution in [1.29, 1.82) is 0 Å². The SMILES string of the molecule is CP[N+]1([O-])CC1. The molecule has 0 bridgehead atoms. The molecule has 0 spiro atoms. The molecule has 1 fully saturated rings. The Bertz CT molecular complexity index is 61.8. The summed E-state index contributed by atoms with van der Waals surface area (Å²) in [5.41, 5.74) is 0. The minimum absolute atomic E-state index is 0.0972. The third-order valence-corrected chi connectivity index (χ3v) is 2.30. The maximum Gasteiger partial charge on any atom is 0.130 e. The van der Waals surface area contributed by atoms with Crippen LogP contribution in [0.2, 0.25) is 0 Å². The van der Waals surface area contributed by atoms with E-state index >= 15 is 0 Å². The molecule has 0 aromatic carbocycles. The first-order chi connectivity index (χ1) is 2.77. The maximum absolute atomic E-state index is 10.5. The lowest BCUT2D eigenvalue weighted by atomic mass is 11.0. The zero-order valence-electron chi connectivity index (χ0n) is 3.77. The quantitative estimate of drug-likeness (QED) is 0.271. The van der Waals surface area contributed by atoms with Crippen LogP contribution in [0.4, 0.5) is 0 Å². The zero-order valence-corrected chi connectivity index (χ0v) is 4.77. The Balaban J connectivity index is 2.28. The molecule has 0 aromatic rings. The molecule has 1 aliphatic rings. The van der Waals surface area contributed by atoms with E-state index in [0.717, 1.165) is 13.1 Å². The molecular formula is C3H8NOP. The van der Waals surface area contributed by atoms with Crippen LogP contribution >= 0.6 is 8.73 Å². The Kier molecular flexibility index (Phi) is 0.870. The molecule has 0 saturated carbocycles. The summed E-state index contributed by atoms with van der Waals surface area (Å²) in [5.74, 6) is 0. The van der Waals surface area contributed by atoms with Crippen LogP contribution in [-0.4, -0.2) is 24.2 Å². The standard InChI is InChI=1S/C3H8NOP/c1-6-4(5)2-3-4/h6H,2-3H2,1H3. The van der Waals surface area contributed by atoms with Gasteiger partial charge in [0.2, 0.25) is 0 Å². The van der Waals surface area contributed by atoms with Crippen LogP contribution in [0.25, 0.3) is 0 Å². The summed E-state index contributed by atoms with van der Waals surface area (Å²) in [4.78, 5) is 0. The van der Waals surface area contributed by atoms with Crippen LogP contribution in [-0.2, 0) is 0 Å². The van der Waals surface area contributed by atoms with Crippen LogP contribution in [0.15, 0.2) is 0 Å². The van der Waals surface area contributed by atoms with Gasteiger partial charge in [-0.2, -0.15) is 0 Å². The molecule has 1 aliphatic heterocycles. The smallest absolute Gasteiger partial charge is 0.130 e. The summed E-state index contributed by atoms with van der Waals surface area (Å²) in [6.45, 7) is 3.70. The number of rotatable bonds is 1. The number of quaternary nitrogens is 1. The Morgan fingerprint density at radius 1 is 1.67 bits per heavy atom. The van der Waals surface area contributed by atoms with Gasteiger partial charge in [-0.1, -0.05) is 0 Å². The molecule has 3 heteroatoms. The van der Waals surface area contributed by atoms with Crippen molar-refractivity contribution in [1.82, 2.24) is 0 Å². The molecule has 1 rings (SSSR count). The summed E-state index contributed by atoms with van der Waals surface area (Å²) >= 11 is 0. The average molecular weight is 105 g/mol. The minimum Gasteiger partial charge on any atom is -0.632 e. The molecule has 0 N–H and O–H groups in total. The first-order valence-corrected chi connectivity index (χ1v) is 3.49. The highest BCUT2D eigenvalue weighted by Crippen LogP contribution is 2.33. The Morgan fingerprint density at radius 3 is 2.17 bits per heavy atom. The van der Waals surface area contributed by atoms with Gasteiger partial charge in [-0.25, -0.2) is 0 Å². The summed E-state index contributed by atoms with van der Waals surface area (Å²) in [7, 11) is 0.560. The van der Waals surface area contributed by atoms with Gasteiger partial charge >= 0.3 is 0 Å². The van der Waals surface area contributed by atoms with E-state index in [1.54, 1.807) is 0 Å². The number of hydrogen-bond acceptors (Lipinski definition) is 1. The molecule has 1 unspecified atom stereocenters. The second-order valence-corrected chi connectivity index (χ2v) is 2.82. The van der Waals surface area contributed by atoms with Crippen LogP contribution in [0.1, 0.15) is 0 Å². The fourth-order valence-corrected chi connectivity index (χ4v) is 0.862. The minimum atomic E-state index is 0.0972. The highest BCUT2D eigenvalue weighted by Gasteiger charge is 2.29. The van der Waals surface area contributed by atoms with Gasteiger partial charge in [-0.15, -0.1) is 0 Å². The summed E-state index contributed by atoms with van der Waals surface area (Å²) in [5, 5.41) is 10.5. The largest absolute Gasteiger partial charge is 0.632 e. The molecule has 1 heterocycles. The number of nitrogens with zero attached hydrogens (tertiary/aromatic N) is 1. The second kappa shape index (κ2) is 1.16. The van der Waals surface area contributed by atoms with Gasteiger partial charge in [-0.05, 0) is 0 Å². The van der Waals surface area contributed by atoms with Gasteiger partial charge in [0.05, 0.1) is 8.73 Å². The monoisotopic (exact) mass is 105 g/mol. The average Bonchev–Trinajstić information content (AvgIpc) is 2.22. The molecule has 0 aliphatic carbocycles. The van der Waals surface area contributed by atoms with Crippen LogP contribution < -0.4 is 0 Å². The van der Waals surface area contributed by atoms with Crippen molar-refractivity contribution < 1.29 is 4.42 Å². The van der Waals surface area contributed by atoms with E-state index in [9.17, 15) is 5.21 Å².